The van der Waals surface area contributed by atoms with E-state index in [-0.39, 0.29) is 26.4 Å². The molecule has 2 unspecified atom stereocenters. The highest BCUT2D eigenvalue weighted by Crippen LogP contribution is 2.27. The summed E-state index contributed by atoms with van der Waals surface area (Å²) >= 11 is 0. The Balaban J connectivity index is 1.56. The van der Waals surface area contributed by atoms with Crippen LogP contribution >= 0.6 is 0 Å². The lowest BCUT2D eigenvalue weighted by Crippen LogP contribution is -2.39. The molecule has 0 spiro atoms. The van der Waals surface area contributed by atoms with Crippen molar-refractivity contribution in [2.75, 3.05) is 39.5 Å². The van der Waals surface area contributed by atoms with Gasteiger partial charge in [-0.15, -0.1) is 0 Å². The van der Waals surface area contributed by atoms with Gasteiger partial charge in [0.15, 0.2) is 7.28 Å². The first kappa shape index (κ1) is 25.6. The molecular formula is C23H33B2N2O6. The van der Waals surface area contributed by atoms with Crippen LogP contribution in [-0.2, 0) is 4.65 Å². The standard InChI is InChI=1S/C23H33B2N2O6/c26-14-16-13-24-22-17(16)5-1-7-20(22)31-11-4-12-33-25(30)23-18(19(29)15-27)6-2-8-21(23)32-10-3-9-28/h1-2,5-8,16,19,28-30H,3-4,9-15,26-27H2. The van der Waals surface area contributed by atoms with Crippen LogP contribution in [0.15, 0.2) is 36.4 Å². The van der Waals surface area contributed by atoms with E-state index < -0.39 is 13.2 Å². The molecule has 0 bridgehead atoms. The van der Waals surface area contributed by atoms with Crippen LogP contribution in [0.3, 0.4) is 0 Å². The number of nitrogens with two attached hydrogens (primary N) is 2. The van der Waals surface area contributed by atoms with Gasteiger partial charge in [-0.25, -0.2) is 0 Å². The average molecular weight is 455 g/mol. The predicted molar refractivity (Wildman–Crippen MR) is 130 cm³/mol. The Morgan fingerprint density at radius 1 is 1.03 bits per heavy atom. The molecule has 3 rings (SSSR count). The van der Waals surface area contributed by atoms with E-state index in [1.807, 2.05) is 12.1 Å². The van der Waals surface area contributed by atoms with Crippen LogP contribution < -0.4 is 31.9 Å². The second-order valence-electron chi connectivity index (χ2n) is 7.99. The monoisotopic (exact) mass is 455 g/mol. The Labute approximate surface area is 196 Å². The highest BCUT2D eigenvalue weighted by molar-refractivity contribution is 6.61. The molecule has 2 aromatic carbocycles. The Bertz CT molecular complexity index is 888. The van der Waals surface area contributed by atoms with Gasteiger partial charge in [-0.3, -0.25) is 0 Å². The number of hydrogen-bond donors (Lipinski definition) is 5. The lowest BCUT2D eigenvalue weighted by atomic mass is 9.71. The van der Waals surface area contributed by atoms with E-state index in [0.29, 0.717) is 48.7 Å². The molecule has 0 saturated heterocycles. The van der Waals surface area contributed by atoms with Crippen LogP contribution in [0.1, 0.15) is 36.0 Å². The van der Waals surface area contributed by atoms with Gasteiger partial charge in [-0.1, -0.05) is 30.6 Å². The normalized spacial score (nSPS) is 15.6. The molecule has 10 heteroatoms. The largest absolute Gasteiger partial charge is 0.495 e. The zero-order chi connectivity index (χ0) is 23.6. The molecule has 1 heterocycles. The fraction of sp³-hybridized carbons (Fsp3) is 0.478. The number of hydrogen-bond acceptors (Lipinski definition) is 8. The summed E-state index contributed by atoms with van der Waals surface area (Å²) in [6.45, 7) is 1.55. The first-order valence-electron chi connectivity index (χ1n) is 11.4. The number of fused-ring (bicyclic) bond motifs is 1. The molecule has 0 aliphatic carbocycles. The first-order valence-corrected chi connectivity index (χ1v) is 11.4. The van der Waals surface area contributed by atoms with Crippen LogP contribution in [0.4, 0.5) is 0 Å². The predicted octanol–water partition coefficient (Wildman–Crippen LogP) is -0.583. The van der Waals surface area contributed by atoms with Crippen molar-refractivity contribution < 1.29 is 29.4 Å². The van der Waals surface area contributed by atoms with Crippen LogP contribution in [0.5, 0.6) is 11.5 Å². The molecule has 8 nitrogen and oxygen atoms in total. The zero-order valence-electron chi connectivity index (χ0n) is 18.9. The number of rotatable bonds is 14. The molecule has 1 aliphatic rings. The summed E-state index contributed by atoms with van der Waals surface area (Å²) in [6, 6.07) is 11.1. The zero-order valence-corrected chi connectivity index (χ0v) is 18.9. The quantitative estimate of drug-likeness (QED) is 0.188. The minimum Gasteiger partial charge on any atom is -0.494 e. The SMILES string of the molecule is NCC(O)c1cccc(OCCCO)c1B(O)OCCCOc1cccc2c1[B]CC2CN. The van der Waals surface area contributed by atoms with Crippen molar-refractivity contribution in [3.63, 3.8) is 0 Å². The van der Waals surface area contributed by atoms with E-state index in [9.17, 15) is 10.1 Å². The third-order valence-corrected chi connectivity index (χ3v) is 5.74. The van der Waals surface area contributed by atoms with Gasteiger partial charge in [0, 0.05) is 38.1 Å². The van der Waals surface area contributed by atoms with E-state index in [2.05, 4.69) is 13.3 Å². The van der Waals surface area contributed by atoms with Gasteiger partial charge < -0.3 is 40.8 Å². The van der Waals surface area contributed by atoms with Crippen molar-refractivity contribution in [3.05, 3.63) is 47.5 Å². The number of benzene rings is 2. The average Bonchev–Trinajstić information content (AvgIpc) is 3.27. The smallest absolute Gasteiger partial charge is 0.494 e. The summed E-state index contributed by atoms with van der Waals surface area (Å²) in [5.74, 6) is 1.57. The summed E-state index contributed by atoms with van der Waals surface area (Å²) in [4.78, 5) is 0. The van der Waals surface area contributed by atoms with E-state index in [0.717, 1.165) is 17.5 Å². The van der Waals surface area contributed by atoms with Crippen molar-refractivity contribution in [1.29, 1.82) is 0 Å². The molecule has 2 atom stereocenters. The highest BCUT2D eigenvalue weighted by Gasteiger charge is 2.28. The summed E-state index contributed by atoms with van der Waals surface area (Å²) < 4.78 is 17.3. The third-order valence-electron chi connectivity index (χ3n) is 5.74. The fourth-order valence-electron chi connectivity index (χ4n) is 4.01. The molecule has 1 radical (unpaired) electrons. The molecule has 1 aliphatic heterocycles. The first-order chi connectivity index (χ1) is 16.1. The lowest BCUT2D eigenvalue weighted by molar-refractivity contribution is 0.185. The van der Waals surface area contributed by atoms with E-state index in [1.54, 1.807) is 18.2 Å². The van der Waals surface area contributed by atoms with Gasteiger partial charge in [0.05, 0.1) is 19.3 Å². The Morgan fingerprint density at radius 3 is 2.52 bits per heavy atom. The molecule has 0 aromatic heterocycles. The van der Waals surface area contributed by atoms with Crippen LogP contribution in [0, 0.1) is 0 Å². The number of ether oxygens (including phenoxy) is 2. The van der Waals surface area contributed by atoms with Gasteiger partial charge >= 0.3 is 7.12 Å². The fourth-order valence-corrected chi connectivity index (χ4v) is 4.01. The second-order valence-corrected chi connectivity index (χ2v) is 7.99. The Hall–Kier alpha value is -2.07. The summed E-state index contributed by atoms with van der Waals surface area (Å²) in [7, 11) is 0.867. The van der Waals surface area contributed by atoms with Crippen molar-refractivity contribution in [1.82, 2.24) is 0 Å². The van der Waals surface area contributed by atoms with Crippen molar-refractivity contribution in [2.45, 2.75) is 31.2 Å². The maximum Gasteiger partial charge on any atom is 0.495 e. The summed E-state index contributed by atoms with van der Waals surface area (Å²) in [5, 5.41) is 30.0. The highest BCUT2D eigenvalue weighted by atomic mass is 16.5. The summed E-state index contributed by atoms with van der Waals surface area (Å²) in [5.41, 5.74) is 14.6. The van der Waals surface area contributed by atoms with Crippen LogP contribution in [0.2, 0.25) is 6.32 Å². The second kappa shape index (κ2) is 13.0. The minimum atomic E-state index is -1.30. The lowest BCUT2D eigenvalue weighted by Gasteiger charge is -2.20. The van der Waals surface area contributed by atoms with Gasteiger partial charge in [-0.05, 0) is 41.2 Å². The molecule has 7 N–H and O–H groups in total. The molecule has 33 heavy (non-hydrogen) atoms. The molecule has 0 amide bonds. The van der Waals surface area contributed by atoms with E-state index in [4.69, 9.17) is 30.7 Å². The van der Waals surface area contributed by atoms with E-state index >= 15 is 0 Å². The molecular weight excluding hydrogens is 422 g/mol. The van der Waals surface area contributed by atoms with Crippen molar-refractivity contribution in [3.8, 4) is 11.5 Å². The van der Waals surface area contributed by atoms with Gasteiger partial charge in [0.2, 0.25) is 0 Å². The molecule has 0 fully saturated rings. The summed E-state index contributed by atoms with van der Waals surface area (Å²) in [6.07, 6.45) is 0.975. The number of aliphatic hydroxyl groups excluding tert-OH is 2. The maximum absolute atomic E-state index is 10.7. The van der Waals surface area contributed by atoms with Gasteiger partial charge in [-0.2, -0.15) is 0 Å². The van der Waals surface area contributed by atoms with Crippen LogP contribution in [-0.4, -0.2) is 69.2 Å². The minimum absolute atomic E-state index is 0.00290. The molecule has 177 valence electrons. The molecule has 0 saturated carbocycles. The van der Waals surface area contributed by atoms with Gasteiger partial charge in [0.1, 0.15) is 11.5 Å². The number of aliphatic hydroxyl groups is 2. The maximum atomic E-state index is 10.7. The Morgan fingerprint density at radius 2 is 1.76 bits per heavy atom. The third kappa shape index (κ3) is 6.50. The van der Waals surface area contributed by atoms with Gasteiger partial charge in [0.25, 0.3) is 0 Å². The van der Waals surface area contributed by atoms with Crippen molar-refractivity contribution >= 4 is 25.3 Å². The van der Waals surface area contributed by atoms with Crippen LogP contribution in [0.25, 0.3) is 0 Å². The molecule has 2 aromatic rings. The Kier molecular flexibility index (Phi) is 10.1. The topological polar surface area (TPSA) is 140 Å². The van der Waals surface area contributed by atoms with E-state index in [1.165, 1.54) is 5.56 Å². The van der Waals surface area contributed by atoms with Crippen molar-refractivity contribution in [2.24, 2.45) is 11.5 Å².